The minimum Gasteiger partial charge on any atom is -0.294 e. The zero-order valence-corrected chi connectivity index (χ0v) is 25.9. The molecule has 37 heavy (non-hydrogen) atoms. The minimum atomic E-state index is -0.0485. The molecule has 0 atom stereocenters. The summed E-state index contributed by atoms with van der Waals surface area (Å²) in [7, 11) is 0. The Bertz CT molecular complexity index is 939. The van der Waals surface area contributed by atoms with Crippen LogP contribution in [0, 0.1) is 0 Å². The van der Waals surface area contributed by atoms with E-state index < -0.39 is 0 Å². The number of nitrogens with two attached hydrogens (primary N) is 1. The summed E-state index contributed by atoms with van der Waals surface area (Å²) in [5.74, 6) is 5.08. The molecular weight excluding hydrogens is 588 g/mol. The highest BCUT2D eigenvalue weighted by atomic mass is 79.9. The number of amides is 1. The van der Waals surface area contributed by atoms with Gasteiger partial charge in [-0.1, -0.05) is 134 Å². The highest BCUT2D eigenvalue weighted by Crippen LogP contribution is 2.55. The van der Waals surface area contributed by atoms with Crippen molar-refractivity contribution >= 4 is 37.8 Å². The number of hydrogen-bond acceptors (Lipinski definition) is 2. The van der Waals surface area contributed by atoms with Crippen molar-refractivity contribution in [1.29, 1.82) is 0 Å². The second kappa shape index (κ2) is 16.1. The van der Waals surface area contributed by atoms with Gasteiger partial charge in [0.15, 0.2) is 0 Å². The van der Waals surface area contributed by atoms with E-state index in [0.29, 0.717) is 6.42 Å². The molecular formula is C32H46Br2N2O. The predicted octanol–water partition coefficient (Wildman–Crippen LogP) is 10.1. The van der Waals surface area contributed by atoms with Crippen LogP contribution < -0.4 is 11.3 Å². The van der Waals surface area contributed by atoms with Crippen LogP contribution in [0.5, 0.6) is 0 Å². The van der Waals surface area contributed by atoms with Gasteiger partial charge in [0.2, 0.25) is 5.91 Å². The highest BCUT2D eigenvalue weighted by molar-refractivity contribution is 9.10. The van der Waals surface area contributed by atoms with Crippen molar-refractivity contribution in [2.45, 2.75) is 121 Å². The zero-order chi connectivity index (χ0) is 26.5. The summed E-state index contributed by atoms with van der Waals surface area (Å²) >= 11 is 7.57. The molecule has 3 rings (SSSR count). The Morgan fingerprint density at radius 1 is 0.703 bits per heavy atom. The molecule has 1 aliphatic carbocycles. The fourth-order valence-corrected chi connectivity index (χ4v) is 6.88. The van der Waals surface area contributed by atoms with Crippen LogP contribution in [0.1, 0.15) is 127 Å². The molecule has 3 nitrogen and oxygen atoms in total. The smallest absolute Gasteiger partial charge is 0.233 e. The number of carbonyl (C=O) groups is 1. The van der Waals surface area contributed by atoms with Crippen LogP contribution in [0.25, 0.3) is 11.1 Å². The van der Waals surface area contributed by atoms with Gasteiger partial charge < -0.3 is 0 Å². The van der Waals surface area contributed by atoms with Gasteiger partial charge in [0, 0.05) is 20.8 Å². The van der Waals surface area contributed by atoms with E-state index >= 15 is 0 Å². The van der Waals surface area contributed by atoms with Gasteiger partial charge in [-0.15, -0.1) is 0 Å². The van der Waals surface area contributed by atoms with Gasteiger partial charge in [-0.25, -0.2) is 5.84 Å². The molecule has 0 aliphatic heterocycles. The highest BCUT2D eigenvalue weighted by Gasteiger charge is 2.42. The van der Waals surface area contributed by atoms with Crippen molar-refractivity contribution in [3.8, 4) is 11.1 Å². The van der Waals surface area contributed by atoms with Crippen molar-refractivity contribution < 1.29 is 4.79 Å². The third kappa shape index (κ3) is 8.66. The van der Waals surface area contributed by atoms with Crippen LogP contribution >= 0.6 is 31.9 Å². The fraction of sp³-hybridized carbons (Fsp3) is 0.594. The maximum Gasteiger partial charge on any atom is 0.233 e. The topological polar surface area (TPSA) is 55.1 Å². The second-order valence-electron chi connectivity index (χ2n) is 10.9. The summed E-state index contributed by atoms with van der Waals surface area (Å²) in [5, 5.41) is 0. The van der Waals surface area contributed by atoms with E-state index in [0.717, 1.165) is 12.8 Å². The lowest BCUT2D eigenvalue weighted by atomic mass is 9.70. The van der Waals surface area contributed by atoms with Gasteiger partial charge in [-0.3, -0.25) is 10.2 Å². The first kappa shape index (κ1) is 30.4. The van der Waals surface area contributed by atoms with Crippen LogP contribution in [0.4, 0.5) is 0 Å². The Kier molecular flexibility index (Phi) is 13.2. The van der Waals surface area contributed by atoms with Crippen LogP contribution in [0.15, 0.2) is 45.3 Å². The third-order valence-corrected chi connectivity index (χ3v) is 9.15. The minimum absolute atomic E-state index is 0.0485. The number of hydrogen-bond donors (Lipinski definition) is 2. The van der Waals surface area contributed by atoms with Gasteiger partial charge in [-0.05, 0) is 65.8 Å². The number of benzene rings is 2. The summed E-state index contributed by atoms with van der Waals surface area (Å²) in [6, 6.07) is 13.9. The van der Waals surface area contributed by atoms with E-state index in [1.807, 2.05) is 0 Å². The molecule has 0 radical (unpaired) electrons. The molecule has 0 saturated heterocycles. The van der Waals surface area contributed by atoms with Crippen LogP contribution in [-0.4, -0.2) is 5.91 Å². The van der Waals surface area contributed by atoms with Crippen molar-refractivity contribution in [1.82, 2.24) is 5.43 Å². The Balaban J connectivity index is 1.52. The number of carbonyl (C=O) groups excluding carboxylic acids is 1. The normalized spacial score (nSPS) is 13.4. The van der Waals surface area contributed by atoms with Gasteiger partial charge in [-0.2, -0.15) is 0 Å². The van der Waals surface area contributed by atoms with E-state index in [1.165, 1.54) is 121 Å². The first-order chi connectivity index (χ1) is 18.0. The van der Waals surface area contributed by atoms with Gasteiger partial charge in [0.05, 0.1) is 0 Å². The number of nitrogens with one attached hydrogen (secondary N) is 1. The number of unbranched alkanes of at least 4 members (excludes halogenated alkanes) is 12. The van der Waals surface area contributed by atoms with E-state index in [1.54, 1.807) is 0 Å². The second-order valence-corrected chi connectivity index (χ2v) is 12.7. The average Bonchev–Trinajstić information content (AvgIpc) is 3.15. The number of fused-ring (bicyclic) bond motifs is 3. The quantitative estimate of drug-likeness (QED) is 0.0742. The molecule has 1 aliphatic rings. The number of halogens is 2. The summed E-state index contributed by atoms with van der Waals surface area (Å²) in [5.41, 5.74) is 8.28. The molecule has 2 aromatic carbocycles. The predicted molar refractivity (Wildman–Crippen MR) is 165 cm³/mol. The summed E-state index contributed by atoms with van der Waals surface area (Å²) in [4.78, 5) is 11.2. The molecule has 0 saturated carbocycles. The SMILES string of the molecule is CCCCCCC1(CCCCCCCCCCCCC(=O)NN)c2cc(Br)ccc2-c2ccc(Br)cc21. The lowest BCUT2D eigenvalue weighted by Gasteiger charge is -2.33. The maximum absolute atomic E-state index is 11.2. The van der Waals surface area contributed by atoms with E-state index in [2.05, 4.69) is 80.6 Å². The first-order valence-electron chi connectivity index (χ1n) is 14.6. The Morgan fingerprint density at radius 2 is 1.14 bits per heavy atom. The standard InChI is InChI=1S/C32H46Br2N2O/c1-2-3-4-14-21-32(22-15-12-10-8-6-5-7-9-11-13-16-31(37)36-35)29-23-25(33)17-19-27(29)28-20-18-26(34)24-30(28)32/h17-20,23-24H,2-16,21-22,35H2,1H3,(H,36,37). The van der Waals surface area contributed by atoms with Crippen molar-refractivity contribution in [3.63, 3.8) is 0 Å². The number of hydrazine groups is 1. The lowest BCUT2D eigenvalue weighted by Crippen LogP contribution is -2.29. The molecule has 2 aromatic rings. The molecule has 0 fully saturated rings. The molecule has 0 bridgehead atoms. The maximum atomic E-state index is 11.2. The molecule has 0 unspecified atom stereocenters. The van der Waals surface area contributed by atoms with E-state index in [9.17, 15) is 4.79 Å². The van der Waals surface area contributed by atoms with Crippen molar-refractivity contribution in [2.24, 2.45) is 5.84 Å². The van der Waals surface area contributed by atoms with Crippen LogP contribution in [-0.2, 0) is 10.2 Å². The van der Waals surface area contributed by atoms with Gasteiger partial charge in [0.25, 0.3) is 0 Å². The van der Waals surface area contributed by atoms with E-state index in [4.69, 9.17) is 5.84 Å². The molecule has 0 aromatic heterocycles. The zero-order valence-electron chi connectivity index (χ0n) is 22.7. The van der Waals surface area contributed by atoms with Crippen LogP contribution in [0.3, 0.4) is 0 Å². The monoisotopic (exact) mass is 632 g/mol. The Hall–Kier alpha value is -1.17. The molecule has 5 heteroatoms. The molecule has 0 heterocycles. The molecule has 0 spiro atoms. The summed E-state index contributed by atoms with van der Waals surface area (Å²) in [6.45, 7) is 2.30. The number of rotatable bonds is 18. The largest absolute Gasteiger partial charge is 0.294 e. The van der Waals surface area contributed by atoms with Gasteiger partial charge in [0.1, 0.15) is 0 Å². The summed E-state index contributed by atoms with van der Waals surface area (Å²) in [6.07, 6.45) is 20.8. The fourth-order valence-electron chi connectivity index (χ4n) is 6.16. The summed E-state index contributed by atoms with van der Waals surface area (Å²) < 4.78 is 2.39. The third-order valence-electron chi connectivity index (χ3n) is 8.16. The molecule has 3 N–H and O–H groups in total. The van der Waals surface area contributed by atoms with Crippen molar-refractivity contribution in [2.75, 3.05) is 0 Å². The molecule has 1 amide bonds. The molecule has 204 valence electrons. The van der Waals surface area contributed by atoms with Crippen LogP contribution in [0.2, 0.25) is 0 Å². The van der Waals surface area contributed by atoms with Crippen molar-refractivity contribution in [3.05, 3.63) is 56.5 Å². The lowest BCUT2D eigenvalue weighted by molar-refractivity contribution is -0.121. The Morgan fingerprint density at radius 3 is 1.59 bits per heavy atom. The average molecular weight is 635 g/mol. The first-order valence-corrected chi connectivity index (χ1v) is 16.2. The van der Waals surface area contributed by atoms with Gasteiger partial charge >= 0.3 is 0 Å². The van der Waals surface area contributed by atoms with E-state index in [-0.39, 0.29) is 11.3 Å². The Labute approximate surface area is 242 Å².